The first-order valence-electron chi connectivity index (χ1n) is 5.31. The van der Waals surface area contributed by atoms with Crippen LogP contribution >= 0.6 is 0 Å². The van der Waals surface area contributed by atoms with Crippen molar-refractivity contribution in [3.63, 3.8) is 0 Å². The van der Waals surface area contributed by atoms with Crippen molar-refractivity contribution >= 4 is 16.6 Å². The number of carbonyl (C=O) groups is 1. The van der Waals surface area contributed by atoms with E-state index in [9.17, 15) is 9.00 Å². The Bertz CT molecular complexity index is 404. The van der Waals surface area contributed by atoms with Crippen LogP contribution in [0.25, 0.3) is 0 Å². The maximum atomic E-state index is 11.7. The summed E-state index contributed by atoms with van der Waals surface area (Å²) in [5.41, 5.74) is 1.13. The van der Waals surface area contributed by atoms with Gasteiger partial charge in [0.25, 0.3) is 0 Å². The van der Waals surface area contributed by atoms with Crippen LogP contribution < -0.4 is 0 Å². The highest BCUT2D eigenvalue weighted by Crippen LogP contribution is 2.09. The fourth-order valence-corrected chi connectivity index (χ4v) is 2.06. The molecular formula is C13H16O2S. The van der Waals surface area contributed by atoms with Crippen LogP contribution in [-0.4, -0.2) is 9.99 Å². The quantitative estimate of drug-likeness (QED) is 0.736. The summed E-state index contributed by atoms with van der Waals surface area (Å²) in [6.45, 7) is 3.93. The molecule has 0 heterocycles. The first-order chi connectivity index (χ1) is 7.63. The van der Waals surface area contributed by atoms with E-state index in [0.717, 1.165) is 16.9 Å². The number of carbonyl (C=O) groups excluding carboxylic acids is 1. The van der Waals surface area contributed by atoms with Crippen LogP contribution in [0.15, 0.2) is 40.6 Å². The zero-order valence-corrected chi connectivity index (χ0v) is 10.4. The van der Waals surface area contributed by atoms with Gasteiger partial charge >= 0.3 is 0 Å². The Morgan fingerprint density at radius 3 is 2.50 bits per heavy atom. The summed E-state index contributed by atoms with van der Waals surface area (Å²) in [6, 6.07) is 7.46. The molecule has 16 heavy (non-hydrogen) atoms. The minimum absolute atomic E-state index is 0.0305. The number of allylic oxidation sites excluding steroid dienone is 1. The Balaban J connectivity index is 2.65. The molecule has 0 saturated carbocycles. The largest absolute Gasteiger partial charge is 0.295 e. The Hall–Kier alpha value is -1.22. The zero-order valence-electron chi connectivity index (χ0n) is 9.60. The van der Waals surface area contributed by atoms with Crippen LogP contribution in [0.3, 0.4) is 0 Å². The molecular weight excluding hydrogens is 220 g/mol. The fraction of sp³-hybridized carbons (Fsp3) is 0.308. The second-order valence-corrected chi connectivity index (χ2v) is 4.97. The van der Waals surface area contributed by atoms with Crippen LogP contribution in [0, 0.1) is 6.92 Å². The van der Waals surface area contributed by atoms with Gasteiger partial charge in [0.2, 0.25) is 0 Å². The monoisotopic (exact) mass is 236 g/mol. The van der Waals surface area contributed by atoms with Crippen molar-refractivity contribution in [2.75, 3.05) is 0 Å². The lowest BCUT2D eigenvalue weighted by molar-refractivity contribution is -0.114. The van der Waals surface area contributed by atoms with E-state index in [0.29, 0.717) is 6.42 Å². The highest BCUT2D eigenvalue weighted by molar-refractivity contribution is 7.88. The first kappa shape index (κ1) is 12.8. The van der Waals surface area contributed by atoms with Crippen molar-refractivity contribution in [2.45, 2.75) is 31.6 Å². The van der Waals surface area contributed by atoms with E-state index >= 15 is 0 Å². The molecule has 3 heteroatoms. The van der Waals surface area contributed by atoms with Gasteiger partial charge in [-0.05, 0) is 31.6 Å². The third-order valence-electron chi connectivity index (χ3n) is 2.13. The van der Waals surface area contributed by atoms with E-state index in [1.165, 1.54) is 11.5 Å². The number of ketones is 1. The molecule has 0 fully saturated rings. The molecule has 86 valence electrons. The smallest absolute Gasteiger partial charge is 0.156 e. The molecule has 0 aromatic heterocycles. The molecule has 1 aromatic carbocycles. The summed E-state index contributed by atoms with van der Waals surface area (Å²) in [6.07, 6.45) is 2.75. The van der Waals surface area contributed by atoms with Gasteiger partial charge in [-0.2, -0.15) is 0 Å². The van der Waals surface area contributed by atoms with E-state index in [1.54, 1.807) is 0 Å². The van der Waals surface area contributed by atoms with E-state index < -0.39 is 10.8 Å². The lowest BCUT2D eigenvalue weighted by atomic mass is 10.2. The number of benzene rings is 1. The van der Waals surface area contributed by atoms with Gasteiger partial charge in [0.15, 0.2) is 5.78 Å². The molecule has 0 saturated heterocycles. The van der Waals surface area contributed by atoms with E-state index in [1.807, 2.05) is 38.1 Å². The summed E-state index contributed by atoms with van der Waals surface area (Å²) < 4.78 is 11.7. The van der Waals surface area contributed by atoms with Gasteiger partial charge in [0, 0.05) is 16.7 Å². The van der Waals surface area contributed by atoms with Crippen molar-refractivity contribution in [1.29, 1.82) is 0 Å². The van der Waals surface area contributed by atoms with Crippen molar-refractivity contribution in [3.05, 3.63) is 41.3 Å². The minimum atomic E-state index is -1.22. The minimum Gasteiger partial charge on any atom is -0.295 e. The molecule has 1 rings (SSSR count). The Morgan fingerprint density at radius 2 is 1.94 bits per heavy atom. The Kier molecular flexibility index (Phi) is 5.12. The molecule has 0 aliphatic heterocycles. The second kappa shape index (κ2) is 6.38. The maximum Gasteiger partial charge on any atom is 0.156 e. The van der Waals surface area contributed by atoms with Gasteiger partial charge < -0.3 is 0 Å². The molecule has 0 aliphatic carbocycles. The summed E-state index contributed by atoms with van der Waals surface area (Å²) in [5, 5.41) is 1.46. The van der Waals surface area contributed by atoms with Crippen molar-refractivity contribution in [3.8, 4) is 0 Å². The summed E-state index contributed by atoms with van der Waals surface area (Å²) in [4.78, 5) is 11.9. The summed E-state index contributed by atoms with van der Waals surface area (Å²) in [7, 11) is -1.22. The molecule has 1 atom stereocenters. The first-order valence-corrected chi connectivity index (χ1v) is 6.53. The van der Waals surface area contributed by atoms with Gasteiger partial charge in [0.05, 0.1) is 10.8 Å². The number of rotatable bonds is 5. The van der Waals surface area contributed by atoms with Crippen molar-refractivity contribution < 1.29 is 9.00 Å². The van der Waals surface area contributed by atoms with Gasteiger partial charge in [-0.3, -0.25) is 4.79 Å². The third kappa shape index (κ3) is 4.11. The Labute approximate surface area is 98.8 Å². The molecule has 1 aromatic rings. The topological polar surface area (TPSA) is 34.1 Å². The molecule has 0 amide bonds. The van der Waals surface area contributed by atoms with Crippen molar-refractivity contribution in [1.82, 2.24) is 0 Å². The van der Waals surface area contributed by atoms with E-state index in [-0.39, 0.29) is 5.78 Å². The predicted octanol–water partition coefficient (Wildman–Crippen LogP) is 2.99. The maximum absolute atomic E-state index is 11.7. The lowest BCUT2D eigenvalue weighted by Gasteiger charge is -1.97. The van der Waals surface area contributed by atoms with Crippen LogP contribution in [-0.2, 0) is 15.6 Å². The molecule has 1 unspecified atom stereocenters. The number of hydrogen-bond donors (Lipinski definition) is 0. The average Bonchev–Trinajstić information content (AvgIpc) is 2.27. The van der Waals surface area contributed by atoms with Crippen molar-refractivity contribution in [2.24, 2.45) is 0 Å². The van der Waals surface area contributed by atoms with Crippen LogP contribution in [0.1, 0.15) is 25.3 Å². The van der Waals surface area contributed by atoms with E-state index in [2.05, 4.69) is 0 Å². The van der Waals surface area contributed by atoms with Gasteiger partial charge in [-0.1, -0.05) is 24.6 Å². The summed E-state index contributed by atoms with van der Waals surface area (Å²) >= 11 is 0. The highest BCUT2D eigenvalue weighted by atomic mass is 32.2. The summed E-state index contributed by atoms with van der Waals surface area (Å²) in [5.74, 6) is 0.0305. The fourth-order valence-electron chi connectivity index (χ4n) is 1.22. The SMILES string of the molecule is CCCC(=O)/C=C/S(=O)c1ccc(C)cc1. The standard InChI is InChI=1S/C13H16O2S/c1-3-4-12(14)9-10-16(15)13-7-5-11(2)6-8-13/h5-10H,3-4H2,1-2H3/b10-9+. The Morgan fingerprint density at radius 1 is 1.31 bits per heavy atom. The molecule has 0 N–H and O–H groups in total. The lowest BCUT2D eigenvalue weighted by Crippen LogP contribution is -1.92. The molecule has 0 radical (unpaired) electrons. The number of aryl methyl sites for hydroxylation is 1. The molecule has 0 spiro atoms. The van der Waals surface area contributed by atoms with Crippen LogP contribution in [0.2, 0.25) is 0 Å². The molecule has 0 aliphatic rings. The van der Waals surface area contributed by atoms with Crippen LogP contribution in [0.4, 0.5) is 0 Å². The average molecular weight is 236 g/mol. The third-order valence-corrected chi connectivity index (χ3v) is 3.25. The van der Waals surface area contributed by atoms with Gasteiger partial charge in [-0.15, -0.1) is 0 Å². The predicted molar refractivity (Wildman–Crippen MR) is 66.6 cm³/mol. The van der Waals surface area contributed by atoms with E-state index in [4.69, 9.17) is 0 Å². The highest BCUT2D eigenvalue weighted by Gasteiger charge is 2.00. The van der Waals surface area contributed by atoms with Crippen LogP contribution in [0.5, 0.6) is 0 Å². The second-order valence-electron chi connectivity index (χ2n) is 3.63. The zero-order chi connectivity index (χ0) is 12.0. The normalized spacial score (nSPS) is 12.9. The van der Waals surface area contributed by atoms with Gasteiger partial charge in [0.1, 0.15) is 0 Å². The molecule has 2 nitrogen and oxygen atoms in total. The molecule has 0 bridgehead atoms. The number of hydrogen-bond acceptors (Lipinski definition) is 2. The van der Waals surface area contributed by atoms with Gasteiger partial charge in [-0.25, -0.2) is 4.21 Å².